The van der Waals surface area contributed by atoms with Gasteiger partial charge >= 0.3 is 6.03 Å². The van der Waals surface area contributed by atoms with E-state index in [9.17, 15) is 14.4 Å². The zero-order chi connectivity index (χ0) is 17.4. The van der Waals surface area contributed by atoms with Gasteiger partial charge in [0.25, 0.3) is 0 Å². The minimum absolute atomic E-state index is 0.0240. The summed E-state index contributed by atoms with van der Waals surface area (Å²) in [6, 6.07) is -0.209. The van der Waals surface area contributed by atoms with Crippen molar-refractivity contribution in [3.63, 3.8) is 0 Å². The van der Waals surface area contributed by atoms with Crippen LogP contribution in [0, 0.1) is 5.92 Å². The second-order valence-electron chi connectivity index (χ2n) is 6.42. The average Bonchev–Trinajstić information content (AvgIpc) is 2.61. The Kier molecular flexibility index (Phi) is 7.08. The predicted molar refractivity (Wildman–Crippen MR) is 91.3 cm³/mol. The van der Waals surface area contributed by atoms with Gasteiger partial charge in [0.1, 0.15) is 0 Å². The number of hydrogen-bond acceptors (Lipinski definition) is 3. The van der Waals surface area contributed by atoms with Gasteiger partial charge in [-0.2, -0.15) is 0 Å². The van der Waals surface area contributed by atoms with Crippen molar-refractivity contribution in [2.75, 3.05) is 39.3 Å². The molecule has 2 aliphatic rings. The molecule has 0 aromatic carbocycles. The minimum atomic E-state index is -0.209. The van der Waals surface area contributed by atoms with Gasteiger partial charge in [0.15, 0.2) is 0 Å². The number of amides is 4. The first-order valence-corrected chi connectivity index (χ1v) is 8.76. The van der Waals surface area contributed by atoms with Crippen molar-refractivity contribution in [2.45, 2.75) is 32.6 Å². The van der Waals surface area contributed by atoms with Crippen LogP contribution in [0.5, 0.6) is 0 Å². The smallest absolute Gasteiger partial charge is 0.314 e. The van der Waals surface area contributed by atoms with E-state index in [-0.39, 0.29) is 17.8 Å². The largest absolute Gasteiger partial charge is 0.339 e. The predicted octanol–water partition coefficient (Wildman–Crippen LogP) is 0.723. The Hall–Kier alpha value is -2.05. The van der Waals surface area contributed by atoms with Crippen molar-refractivity contribution < 1.29 is 14.4 Å². The molecule has 1 aliphatic carbocycles. The molecular formula is C17H28N4O3. The lowest BCUT2D eigenvalue weighted by Crippen LogP contribution is -2.50. The maximum absolute atomic E-state index is 12.1. The molecular weight excluding hydrogens is 308 g/mol. The van der Waals surface area contributed by atoms with Gasteiger partial charge in [0.2, 0.25) is 11.8 Å². The third-order valence-corrected chi connectivity index (χ3v) is 4.63. The monoisotopic (exact) mass is 336 g/mol. The molecule has 1 fully saturated rings. The molecule has 24 heavy (non-hydrogen) atoms. The van der Waals surface area contributed by atoms with Crippen LogP contribution in [0.25, 0.3) is 0 Å². The Morgan fingerprint density at radius 3 is 2.38 bits per heavy atom. The maximum Gasteiger partial charge on any atom is 0.314 e. The van der Waals surface area contributed by atoms with Crippen LogP contribution in [-0.4, -0.2) is 66.9 Å². The van der Waals surface area contributed by atoms with Gasteiger partial charge in [-0.1, -0.05) is 12.2 Å². The van der Waals surface area contributed by atoms with Gasteiger partial charge in [-0.15, -0.1) is 0 Å². The van der Waals surface area contributed by atoms with Crippen molar-refractivity contribution in [1.29, 1.82) is 0 Å². The Bertz CT molecular complexity index is 484. The quantitative estimate of drug-likeness (QED) is 0.726. The molecule has 7 nitrogen and oxygen atoms in total. The van der Waals surface area contributed by atoms with Crippen molar-refractivity contribution in [1.82, 2.24) is 20.4 Å². The van der Waals surface area contributed by atoms with Crippen molar-refractivity contribution in [3.8, 4) is 0 Å². The number of rotatable bonds is 5. The van der Waals surface area contributed by atoms with Crippen LogP contribution in [0.3, 0.4) is 0 Å². The van der Waals surface area contributed by atoms with Crippen LogP contribution in [0.1, 0.15) is 32.6 Å². The van der Waals surface area contributed by atoms with E-state index in [1.54, 1.807) is 16.7 Å². The van der Waals surface area contributed by atoms with Crippen molar-refractivity contribution in [2.24, 2.45) is 5.92 Å². The number of carbonyl (C=O) groups is 3. The van der Waals surface area contributed by atoms with E-state index in [1.165, 1.54) is 0 Å². The van der Waals surface area contributed by atoms with Gasteiger partial charge in [0, 0.05) is 52.6 Å². The van der Waals surface area contributed by atoms with Gasteiger partial charge in [-0.05, 0) is 25.2 Å². The van der Waals surface area contributed by atoms with E-state index in [4.69, 9.17) is 0 Å². The van der Waals surface area contributed by atoms with E-state index in [2.05, 4.69) is 22.8 Å². The molecule has 0 aromatic heterocycles. The summed E-state index contributed by atoms with van der Waals surface area (Å²) < 4.78 is 0. The van der Waals surface area contributed by atoms with Crippen LogP contribution in [0.2, 0.25) is 0 Å². The molecule has 134 valence electrons. The number of piperazine rings is 1. The molecule has 0 aromatic rings. The summed E-state index contributed by atoms with van der Waals surface area (Å²) in [4.78, 5) is 38.6. The molecule has 0 radical (unpaired) electrons. The molecule has 1 saturated heterocycles. The molecule has 0 bridgehead atoms. The number of hydrogen-bond donors (Lipinski definition) is 2. The fraction of sp³-hybridized carbons (Fsp3) is 0.706. The molecule has 1 atom stereocenters. The summed E-state index contributed by atoms with van der Waals surface area (Å²) in [5, 5.41) is 5.61. The first-order valence-electron chi connectivity index (χ1n) is 8.76. The highest BCUT2D eigenvalue weighted by Crippen LogP contribution is 2.16. The number of allylic oxidation sites excluding steroid dienone is 2. The van der Waals surface area contributed by atoms with E-state index < -0.39 is 0 Å². The average molecular weight is 336 g/mol. The maximum atomic E-state index is 12.1. The van der Waals surface area contributed by atoms with Crippen LogP contribution in [0.15, 0.2) is 12.2 Å². The highest BCUT2D eigenvalue weighted by molar-refractivity contribution is 5.79. The third-order valence-electron chi connectivity index (χ3n) is 4.63. The Balaban J connectivity index is 1.56. The highest BCUT2D eigenvalue weighted by atomic mass is 16.2. The van der Waals surface area contributed by atoms with Crippen LogP contribution in [-0.2, 0) is 9.59 Å². The summed E-state index contributed by atoms with van der Waals surface area (Å²) in [6.45, 7) is 4.87. The number of nitrogens with zero attached hydrogens (tertiary/aromatic N) is 2. The summed E-state index contributed by atoms with van der Waals surface area (Å²) in [5.41, 5.74) is 0. The number of urea groups is 1. The van der Waals surface area contributed by atoms with E-state index >= 15 is 0 Å². The summed E-state index contributed by atoms with van der Waals surface area (Å²) >= 11 is 0. The zero-order valence-electron chi connectivity index (χ0n) is 14.4. The third kappa shape index (κ3) is 5.86. The molecule has 4 amide bonds. The fourth-order valence-electron chi connectivity index (χ4n) is 3.05. The molecule has 2 N–H and O–H groups in total. The lowest BCUT2D eigenvalue weighted by atomic mass is 9.94. The first kappa shape index (κ1) is 18.3. The van der Waals surface area contributed by atoms with Gasteiger partial charge in [-0.3, -0.25) is 9.59 Å². The SMILES string of the molecule is CC(=O)N1CCN(C(=O)CCNC(=O)NC[C@@H]2CC=CCC2)CC1. The van der Waals surface area contributed by atoms with Crippen molar-refractivity contribution in [3.05, 3.63) is 12.2 Å². The lowest BCUT2D eigenvalue weighted by Gasteiger charge is -2.34. The molecule has 0 saturated carbocycles. The van der Waals surface area contributed by atoms with Crippen molar-refractivity contribution >= 4 is 17.8 Å². The van der Waals surface area contributed by atoms with Gasteiger partial charge < -0.3 is 20.4 Å². The van der Waals surface area contributed by atoms with E-state index in [0.717, 1.165) is 19.3 Å². The standard InChI is InChI=1S/C17H28N4O3/c1-14(22)20-9-11-21(12-10-20)16(23)7-8-18-17(24)19-13-15-5-3-2-4-6-15/h2-3,15H,4-13H2,1H3,(H2,18,19,24)/t15-/m1/s1. The summed E-state index contributed by atoms with van der Waals surface area (Å²) in [5.74, 6) is 0.588. The van der Waals surface area contributed by atoms with Gasteiger partial charge in [0.05, 0.1) is 0 Å². The molecule has 0 unspecified atom stereocenters. The zero-order valence-corrected chi connectivity index (χ0v) is 14.4. The van der Waals surface area contributed by atoms with Crippen LogP contribution < -0.4 is 10.6 Å². The molecule has 1 heterocycles. The van der Waals surface area contributed by atoms with Crippen LogP contribution >= 0.6 is 0 Å². The summed E-state index contributed by atoms with van der Waals surface area (Å²) in [6.07, 6.45) is 7.85. The Morgan fingerprint density at radius 1 is 1.04 bits per heavy atom. The molecule has 0 spiro atoms. The second-order valence-corrected chi connectivity index (χ2v) is 6.42. The summed E-state index contributed by atoms with van der Waals surface area (Å²) in [7, 11) is 0. The van der Waals surface area contributed by atoms with Gasteiger partial charge in [-0.25, -0.2) is 4.79 Å². The number of nitrogens with one attached hydrogen (secondary N) is 2. The fourth-order valence-corrected chi connectivity index (χ4v) is 3.05. The first-order chi connectivity index (χ1) is 11.6. The van der Waals surface area contributed by atoms with Crippen LogP contribution in [0.4, 0.5) is 4.79 Å². The molecule has 2 rings (SSSR count). The Labute approximate surface area is 143 Å². The van der Waals surface area contributed by atoms with E-state index in [0.29, 0.717) is 51.6 Å². The minimum Gasteiger partial charge on any atom is -0.339 e. The lowest BCUT2D eigenvalue weighted by molar-refractivity contribution is -0.138. The highest BCUT2D eigenvalue weighted by Gasteiger charge is 2.22. The normalized spacial score (nSPS) is 20.6. The molecule has 1 aliphatic heterocycles. The Morgan fingerprint density at radius 2 is 1.75 bits per heavy atom. The second kappa shape index (κ2) is 9.30. The number of carbonyl (C=O) groups excluding carboxylic acids is 3. The topological polar surface area (TPSA) is 81.8 Å². The molecule has 7 heteroatoms. The van der Waals surface area contributed by atoms with E-state index in [1.807, 2.05) is 0 Å².